The van der Waals surface area contributed by atoms with Gasteiger partial charge in [-0.05, 0) is 35.6 Å². The molecule has 0 bridgehead atoms. The number of aromatic nitrogens is 4. The molecule has 1 aromatic rings. The minimum Gasteiger partial charge on any atom is -0.228 e. The Balaban J connectivity index is 2.15. The van der Waals surface area contributed by atoms with Crippen molar-refractivity contribution in [2.45, 2.75) is 38.6 Å². The first-order chi connectivity index (χ1) is 6.11. The van der Waals surface area contributed by atoms with E-state index in [0.29, 0.717) is 5.41 Å². The number of nitrogens with zero attached hydrogens (tertiary/aromatic N) is 4. The molecule has 1 atom stereocenters. The molecule has 1 unspecified atom stereocenters. The van der Waals surface area contributed by atoms with Crippen LogP contribution >= 0.6 is 11.6 Å². The normalized spacial score (nSPS) is 21.5. The molecule has 1 saturated carbocycles. The Morgan fingerprint density at radius 3 is 2.85 bits per heavy atom. The lowest BCUT2D eigenvalue weighted by Crippen LogP contribution is -2.13. The monoisotopic (exact) mass is 200 g/mol. The largest absolute Gasteiger partial charge is 0.228 e. The Hall–Kier alpha value is -0.640. The summed E-state index contributed by atoms with van der Waals surface area (Å²) in [5.41, 5.74) is 0.413. The summed E-state index contributed by atoms with van der Waals surface area (Å²) in [5.74, 6) is 0.773. The van der Waals surface area contributed by atoms with E-state index in [0.717, 1.165) is 12.4 Å². The van der Waals surface area contributed by atoms with Gasteiger partial charge in [-0.3, -0.25) is 0 Å². The summed E-state index contributed by atoms with van der Waals surface area (Å²) in [6, 6.07) is 0. The van der Waals surface area contributed by atoms with Gasteiger partial charge < -0.3 is 0 Å². The van der Waals surface area contributed by atoms with Crippen LogP contribution in [0, 0.1) is 5.41 Å². The summed E-state index contributed by atoms with van der Waals surface area (Å²) >= 11 is 5.94. The van der Waals surface area contributed by atoms with Crippen LogP contribution in [0.1, 0.15) is 37.9 Å². The van der Waals surface area contributed by atoms with Crippen LogP contribution in [-0.2, 0) is 6.54 Å². The van der Waals surface area contributed by atoms with Gasteiger partial charge in [0.25, 0.3) is 0 Å². The highest BCUT2D eigenvalue weighted by molar-refractivity contribution is 6.20. The molecule has 0 amide bonds. The van der Waals surface area contributed by atoms with Crippen LogP contribution in [0.5, 0.6) is 0 Å². The van der Waals surface area contributed by atoms with Gasteiger partial charge in [0, 0.05) is 0 Å². The molecule has 2 rings (SSSR count). The number of tetrazole rings is 1. The third-order valence-corrected chi connectivity index (χ3v) is 2.75. The molecule has 72 valence electrons. The highest BCUT2D eigenvalue weighted by Gasteiger charge is 2.38. The molecule has 0 spiro atoms. The lowest BCUT2D eigenvalue weighted by molar-refractivity contribution is 0.413. The fraction of sp³-hybridized carbons (Fsp3) is 0.875. The molecule has 1 aliphatic rings. The Labute approximate surface area is 82.3 Å². The van der Waals surface area contributed by atoms with Crippen molar-refractivity contribution in [1.29, 1.82) is 0 Å². The van der Waals surface area contributed by atoms with Crippen LogP contribution in [0.15, 0.2) is 0 Å². The molecular formula is C8H13ClN4. The first kappa shape index (κ1) is 8.94. The lowest BCUT2D eigenvalue weighted by Gasteiger charge is -2.09. The van der Waals surface area contributed by atoms with Gasteiger partial charge in [-0.15, -0.1) is 16.7 Å². The molecule has 4 nitrogen and oxygen atoms in total. The first-order valence-electron chi connectivity index (χ1n) is 4.51. The van der Waals surface area contributed by atoms with E-state index in [4.69, 9.17) is 11.6 Å². The standard InChI is InChI=1S/C8H13ClN4/c1-6(9)7-10-11-12-13(7)5-8(2)3-4-8/h6H,3-5H2,1-2H3. The average molecular weight is 201 g/mol. The van der Waals surface area contributed by atoms with Gasteiger partial charge in [-0.2, -0.15) is 0 Å². The van der Waals surface area contributed by atoms with Crippen molar-refractivity contribution < 1.29 is 0 Å². The third kappa shape index (κ3) is 1.82. The van der Waals surface area contributed by atoms with E-state index in [9.17, 15) is 0 Å². The van der Waals surface area contributed by atoms with Crippen LogP contribution in [0.25, 0.3) is 0 Å². The van der Waals surface area contributed by atoms with E-state index in [1.807, 2.05) is 11.6 Å². The SMILES string of the molecule is CC(Cl)c1nnnn1CC1(C)CC1. The average Bonchev–Trinajstić information content (AvgIpc) is 2.63. The second kappa shape index (κ2) is 2.94. The van der Waals surface area contributed by atoms with Crippen molar-refractivity contribution in [3.8, 4) is 0 Å². The first-order valence-corrected chi connectivity index (χ1v) is 4.94. The summed E-state index contributed by atoms with van der Waals surface area (Å²) < 4.78 is 1.82. The number of halogens is 1. The van der Waals surface area contributed by atoms with Crippen molar-refractivity contribution >= 4 is 11.6 Å². The smallest absolute Gasteiger partial charge is 0.168 e. The van der Waals surface area contributed by atoms with Crippen molar-refractivity contribution in [2.75, 3.05) is 0 Å². The van der Waals surface area contributed by atoms with Gasteiger partial charge in [0.15, 0.2) is 5.82 Å². The topological polar surface area (TPSA) is 43.6 Å². The lowest BCUT2D eigenvalue weighted by atomic mass is 10.1. The van der Waals surface area contributed by atoms with E-state index >= 15 is 0 Å². The summed E-state index contributed by atoms with van der Waals surface area (Å²) in [6.45, 7) is 5.03. The minimum atomic E-state index is -0.114. The van der Waals surface area contributed by atoms with E-state index in [1.54, 1.807) is 0 Å². The minimum absolute atomic E-state index is 0.114. The van der Waals surface area contributed by atoms with E-state index in [-0.39, 0.29) is 5.38 Å². The van der Waals surface area contributed by atoms with Crippen molar-refractivity contribution in [1.82, 2.24) is 20.2 Å². The van der Waals surface area contributed by atoms with Crippen molar-refractivity contribution in [3.05, 3.63) is 5.82 Å². The Morgan fingerprint density at radius 2 is 2.31 bits per heavy atom. The molecule has 0 radical (unpaired) electrons. The Kier molecular flexibility index (Phi) is 2.02. The quantitative estimate of drug-likeness (QED) is 0.699. The number of hydrogen-bond donors (Lipinski definition) is 0. The van der Waals surface area contributed by atoms with Gasteiger partial charge in [0.05, 0.1) is 11.9 Å². The maximum Gasteiger partial charge on any atom is 0.168 e. The molecule has 13 heavy (non-hydrogen) atoms. The predicted octanol–water partition coefficient (Wildman–Crippen LogP) is 1.77. The molecule has 0 N–H and O–H groups in total. The highest BCUT2D eigenvalue weighted by atomic mass is 35.5. The second-order valence-electron chi connectivity index (χ2n) is 4.12. The van der Waals surface area contributed by atoms with Crippen LogP contribution in [0.4, 0.5) is 0 Å². The third-order valence-electron chi connectivity index (χ3n) is 2.55. The number of alkyl halides is 1. The molecule has 0 saturated heterocycles. The van der Waals surface area contributed by atoms with E-state index < -0.39 is 0 Å². The van der Waals surface area contributed by atoms with Gasteiger partial charge >= 0.3 is 0 Å². The Morgan fingerprint density at radius 1 is 1.62 bits per heavy atom. The van der Waals surface area contributed by atoms with Crippen LogP contribution in [-0.4, -0.2) is 20.2 Å². The summed E-state index contributed by atoms with van der Waals surface area (Å²) in [7, 11) is 0. The highest BCUT2D eigenvalue weighted by Crippen LogP contribution is 2.46. The summed E-state index contributed by atoms with van der Waals surface area (Å²) in [5, 5.41) is 11.4. The fourth-order valence-electron chi connectivity index (χ4n) is 1.34. The molecule has 1 heterocycles. The predicted molar refractivity (Wildman–Crippen MR) is 49.4 cm³/mol. The van der Waals surface area contributed by atoms with Gasteiger partial charge in [-0.25, -0.2) is 4.68 Å². The van der Waals surface area contributed by atoms with Gasteiger partial charge in [-0.1, -0.05) is 6.92 Å². The fourth-order valence-corrected chi connectivity index (χ4v) is 1.50. The number of hydrogen-bond acceptors (Lipinski definition) is 3. The zero-order chi connectivity index (χ0) is 9.47. The van der Waals surface area contributed by atoms with Crippen molar-refractivity contribution in [2.24, 2.45) is 5.41 Å². The van der Waals surface area contributed by atoms with E-state index in [2.05, 4.69) is 22.4 Å². The van der Waals surface area contributed by atoms with Crippen molar-refractivity contribution in [3.63, 3.8) is 0 Å². The maximum atomic E-state index is 5.94. The van der Waals surface area contributed by atoms with E-state index in [1.165, 1.54) is 12.8 Å². The molecule has 1 fully saturated rings. The molecule has 1 aliphatic carbocycles. The summed E-state index contributed by atoms with van der Waals surface area (Å²) in [6.07, 6.45) is 2.53. The summed E-state index contributed by atoms with van der Waals surface area (Å²) in [4.78, 5) is 0. The zero-order valence-corrected chi connectivity index (χ0v) is 8.62. The van der Waals surface area contributed by atoms with Crippen LogP contribution in [0.2, 0.25) is 0 Å². The van der Waals surface area contributed by atoms with Gasteiger partial charge in [0.1, 0.15) is 0 Å². The zero-order valence-electron chi connectivity index (χ0n) is 7.87. The Bertz CT molecular complexity index is 303. The van der Waals surface area contributed by atoms with Gasteiger partial charge in [0.2, 0.25) is 0 Å². The number of rotatable bonds is 3. The van der Waals surface area contributed by atoms with Crippen LogP contribution < -0.4 is 0 Å². The molecule has 0 aromatic carbocycles. The molecule has 0 aliphatic heterocycles. The molecule has 1 aromatic heterocycles. The molecular weight excluding hydrogens is 188 g/mol. The second-order valence-corrected chi connectivity index (χ2v) is 4.78. The molecule has 5 heteroatoms. The van der Waals surface area contributed by atoms with Crippen LogP contribution in [0.3, 0.4) is 0 Å². The maximum absolute atomic E-state index is 5.94.